The van der Waals surface area contributed by atoms with Crippen molar-refractivity contribution in [3.05, 3.63) is 24.0 Å². The molecule has 0 fully saturated rings. The van der Waals surface area contributed by atoms with Crippen LogP contribution < -0.4 is 14.8 Å². The third kappa shape index (κ3) is 5.32. The van der Waals surface area contributed by atoms with Crippen molar-refractivity contribution in [2.24, 2.45) is 0 Å². The minimum absolute atomic E-state index is 0. The van der Waals surface area contributed by atoms with E-state index in [4.69, 9.17) is 4.74 Å². The van der Waals surface area contributed by atoms with E-state index in [0.717, 1.165) is 12.6 Å². The van der Waals surface area contributed by atoms with Crippen molar-refractivity contribution >= 4 is 22.4 Å². The average molecular weight is 313 g/mol. The van der Waals surface area contributed by atoms with Gasteiger partial charge in [-0.3, -0.25) is 0 Å². The zero-order valence-corrected chi connectivity index (χ0v) is 12.4. The maximum Gasteiger partial charge on any atom is 0.240 e. The second kappa shape index (κ2) is 8.31. The van der Waals surface area contributed by atoms with Gasteiger partial charge in [-0.05, 0) is 24.7 Å². The van der Waals surface area contributed by atoms with Crippen LogP contribution in [0.2, 0.25) is 0 Å². The summed E-state index contributed by atoms with van der Waals surface area (Å²) >= 11 is 0. The van der Waals surface area contributed by atoms with Gasteiger partial charge in [-0.2, -0.15) is 0 Å². The zero-order chi connectivity index (χ0) is 13.6. The molecule has 0 aliphatic carbocycles. The first-order chi connectivity index (χ1) is 8.51. The lowest BCUT2D eigenvalue weighted by Gasteiger charge is -2.08. The van der Waals surface area contributed by atoms with E-state index in [2.05, 4.69) is 10.0 Å². The summed E-state index contributed by atoms with van der Waals surface area (Å²) in [4.78, 5) is -0.114. The predicted octanol–water partition coefficient (Wildman–Crippen LogP) is 1.14. The Morgan fingerprint density at radius 2 is 2.00 bits per heavy atom. The molecule has 2 N–H and O–H groups in total. The molecule has 1 aromatic carbocycles. The lowest BCUT2D eigenvalue weighted by atomic mass is 10.3. The topological polar surface area (TPSA) is 67.4 Å². The Morgan fingerprint density at radius 1 is 1.32 bits per heavy atom. The molecule has 0 spiro atoms. The van der Waals surface area contributed by atoms with Gasteiger partial charge in [0.05, 0.1) is 12.0 Å². The maximum atomic E-state index is 13.4. The minimum atomic E-state index is -3.67. The highest BCUT2D eigenvalue weighted by Crippen LogP contribution is 2.20. The molecular weight excluding hydrogens is 295 g/mol. The van der Waals surface area contributed by atoms with E-state index >= 15 is 0 Å². The number of hydrogen-bond acceptors (Lipinski definition) is 4. The summed E-state index contributed by atoms with van der Waals surface area (Å²) in [5.74, 6) is -0.686. The molecule has 5 nitrogen and oxygen atoms in total. The second-order valence-corrected chi connectivity index (χ2v) is 5.31. The number of nitrogens with one attached hydrogen (secondary N) is 2. The van der Waals surface area contributed by atoms with E-state index in [1.165, 1.54) is 19.2 Å². The van der Waals surface area contributed by atoms with E-state index in [1.54, 1.807) is 0 Å². The predicted molar refractivity (Wildman–Crippen MR) is 73.9 cm³/mol. The molecule has 1 rings (SSSR count). The van der Waals surface area contributed by atoms with Crippen LogP contribution in [0.25, 0.3) is 0 Å². The summed E-state index contributed by atoms with van der Waals surface area (Å²) < 4.78 is 44.1. The molecule has 0 aromatic heterocycles. The van der Waals surface area contributed by atoms with Crippen LogP contribution in [0.1, 0.15) is 6.92 Å². The zero-order valence-electron chi connectivity index (χ0n) is 10.8. The molecule has 110 valence electrons. The number of sulfonamides is 1. The number of benzene rings is 1. The Morgan fingerprint density at radius 3 is 2.53 bits per heavy atom. The number of hydrogen-bond donors (Lipinski definition) is 2. The summed E-state index contributed by atoms with van der Waals surface area (Å²) in [5.41, 5.74) is 0. The van der Waals surface area contributed by atoms with Gasteiger partial charge in [-0.25, -0.2) is 17.5 Å². The van der Waals surface area contributed by atoms with Gasteiger partial charge in [0, 0.05) is 13.1 Å². The first-order valence-corrected chi connectivity index (χ1v) is 7.03. The first kappa shape index (κ1) is 18.1. The molecule has 8 heteroatoms. The fraction of sp³-hybridized carbons (Fsp3) is 0.455. The van der Waals surface area contributed by atoms with E-state index < -0.39 is 15.8 Å². The highest BCUT2D eigenvalue weighted by Gasteiger charge is 2.15. The highest BCUT2D eigenvalue weighted by molar-refractivity contribution is 7.89. The van der Waals surface area contributed by atoms with Crippen molar-refractivity contribution < 1.29 is 17.5 Å². The Balaban J connectivity index is 0.00000324. The van der Waals surface area contributed by atoms with Crippen LogP contribution in [0, 0.1) is 5.82 Å². The summed E-state index contributed by atoms with van der Waals surface area (Å²) in [5, 5.41) is 2.98. The Hall–Kier alpha value is -0.890. The van der Waals surface area contributed by atoms with Crippen LogP contribution >= 0.6 is 12.4 Å². The Bertz CT molecular complexity index is 497. The van der Waals surface area contributed by atoms with Crippen LogP contribution in [0.3, 0.4) is 0 Å². The number of halogens is 2. The van der Waals surface area contributed by atoms with Gasteiger partial charge in [0.1, 0.15) is 0 Å². The van der Waals surface area contributed by atoms with Crippen molar-refractivity contribution in [1.29, 1.82) is 0 Å². The molecule has 0 radical (unpaired) electrons. The molecule has 0 saturated carbocycles. The average Bonchev–Trinajstić information content (AvgIpc) is 2.34. The molecule has 0 aliphatic heterocycles. The fourth-order valence-corrected chi connectivity index (χ4v) is 2.39. The van der Waals surface area contributed by atoms with Gasteiger partial charge in [0.15, 0.2) is 11.6 Å². The SMILES string of the molecule is CCNCCNS(=O)(=O)c1ccc(OC)c(F)c1.Cl. The van der Waals surface area contributed by atoms with Crippen molar-refractivity contribution in [2.45, 2.75) is 11.8 Å². The van der Waals surface area contributed by atoms with E-state index in [9.17, 15) is 12.8 Å². The lowest BCUT2D eigenvalue weighted by Crippen LogP contribution is -2.31. The molecule has 0 amide bonds. The lowest BCUT2D eigenvalue weighted by molar-refractivity contribution is 0.385. The van der Waals surface area contributed by atoms with Crippen LogP contribution in [0.15, 0.2) is 23.1 Å². The molecule has 0 saturated heterocycles. The standard InChI is InChI=1S/C11H17FN2O3S.ClH/c1-3-13-6-7-14-18(15,16)9-4-5-11(17-2)10(12)8-9;/h4-5,8,13-14H,3,6-7H2,1-2H3;1H. The van der Waals surface area contributed by atoms with Gasteiger partial charge in [-0.1, -0.05) is 6.92 Å². The monoisotopic (exact) mass is 312 g/mol. The van der Waals surface area contributed by atoms with Crippen molar-refractivity contribution in [3.63, 3.8) is 0 Å². The molecular formula is C11H18ClFN2O3S. The summed E-state index contributed by atoms with van der Waals surface area (Å²) in [6.07, 6.45) is 0. The minimum Gasteiger partial charge on any atom is -0.494 e. The molecule has 1 aromatic rings. The summed E-state index contributed by atoms with van der Waals surface area (Å²) in [6.45, 7) is 3.46. The summed E-state index contributed by atoms with van der Waals surface area (Å²) in [6, 6.07) is 3.53. The number of methoxy groups -OCH3 is 1. The highest BCUT2D eigenvalue weighted by atomic mass is 35.5. The quantitative estimate of drug-likeness (QED) is 0.741. The number of ether oxygens (including phenoxy) is 1. The van der Waals surface area contributed by atoms with Crippen LogP contribution in [0.4, 0.5) is 4.39 Å². The molecule has 0 heterocycles. The fourth-order valence-electron chi connectivity index (χ4n) is 1.35. The molecule has 0 bridgehead atoms. The van der Waals surface area contributed by atoms with Gasteiger partial charge >= 0.3 is 0 Å². The van der Waals surface area contributed by atoms with Crippen LogP contribution in [-0.2, 0) is 10.0 Å². The van der Waals surface area contributed by atoms with E-state index in [-0.39, 0.29) is 29.6 Å². The van der Waals surface area contributed by atoms with Gasteiger partial charge in [0.2, 0.25) is 10.0 Å². The third-order valence-electron chi connectivity index (χ3n) is 2.28. The maximum absolute atomic E-state index is 13.4. The Kier molecular flexibility index (Phi) is 7.93. The number of rotatable bonds is 7. The van der Waals surface area contributed by atoms with Crippen molar-refractivity contribution in [3.8, 4) is 5.75 Å². The first-order valence-electron chi connectivity index (χ1n) is 5.55. The van der Waals surface area contributed by atoms with Crippen molar-refractivity contribution in [2.75, 3.05) is 26.7 Å². The van der Waals surface area contributed by atoms with Crippen LogP contribution in [0.5, 0.6) is 5.75 Å². The molecule has 0 aliphatic rings. The van der Waals surface area contributed by atoms with E-state index in [1.807, 2.05) is 6.92 Å². The van der Waals surface area contributed by atoms with Gasteiger partial charge in [0.25, 0.3) is 0 Å². The van der Waals surface area contributed by atoms with Crippen LogP contribution in [-0.4, -0.2) is 35.2 Å². The molecule has 0 atom stereocenters. The molecule has 0 unspecified atom stereocenters. The third-order valence-corrected chi connectivity index (χ3v) is 3.74. The van der Waals surface area contributed by atoms with Crippen molar-refractivity contribution in [1.82, 2.24) is 10.0 Å². The smallest absolute Gasteiger partial charge is 0.240 e. The number of likely N-dealkylation sites (N-methyl/N-ethyl adjacent to an activating group) is 1. The largest absolute Gasteiger partial charge is 0.494 e. The summed E-state index contributed by atoms with van der Waals surface area (Å²) in [7, 11) is -2.35. The van der Waals surface area contributed by atoms with Gasteiger partial charge in [-0.15, -0.1) is 12.4 Å². The Labute approximate surface area is 119 Å². The van der Waals surface area contributed by atoms with Gasteiger partial charge < -0.3 is 10.1 Å². The van der Waals surface area contributed by atoms with E-state index in [0.29, 0.717) is 6.54 Å². The second-order valence-electron chi connectivity index (χ2n) is 3.55. The normalized spacial score (nSPS) is 10.9. The molecule has 19 heavy (non-hydrogen) atoms.